The maximum atomic E-state index is 12.4. The first-order valence-electron chi connectivity index (χ1n) is 9.15. The molecule has 160 valence electrons. The van der Waals surface area contributed by atoms with Crippen molar-refractivity contribution in [2.45, 2.75) is 19.8 Å². The number of hydrogen-bond acceptors (Lipinski definition) is 7. The molecule has 0 saturated carbocycles. The van der Waals surface area contributed by atoms with E-state index in [1.807, 2.05) is 6.92 Å². The number of unbranched alkanes of at least 4 members (excludes halogenated alkanes) is 1. The van der Waals surface area contributed by atoms with Crippen molar-refractivity contribution in [2.24, 2.45) is 0 Å². The summed E-state index contributed by atoms with van der Waals surface area (Å²) in [7, 11) is 2.78. The van der Waals surface area contributed by atoms with Crippen molar-refractivity contribution in [3.05, 3.63) is 57.6 Å². The highest BCUT2D eigenvalue weighted by Gasteiger charge is 2.19. The van der Waals surface area contributed by atoms with Gasteiger partial charge >= 0.3 is 0 Å². The fraction of sp³-hybridized carbons (Fsp3) is 0.300. The Labute approximate surface area is 173 Å². The Morgan fingerprint density at radius 2 is 1.63 bits per heavy atom. The first kappa shape index (κ1) is 22.5. The lowest BCUT2D eigenvalue weighted by molar-refractivity contribution is -0.384. The molecule has 10 nitrogen and oxygen atoms in total. The van der Waals surface area contributed by atoms with Gasteiger partial charge in [-0.15, -0.1) is 0 Å². The first-order valence-corrected chi connectivity index (χ1v) is 9.15. The van der Waals surface area contributed by atoms with Gasteiger partial charge in [0.25, 0.3) is 17.5 Å². The monoisotopic (exact) mass is 417 g/mol. The molecular weight excluding hydrogens is 394 g/mol. The molecule has 0 radical (unpaired) electrons. The van der Waals surface area contributed by atoms with Gasteiger partial charge in [0.15, 0.2) is 11.5 Å². The molecule has 0 atom stereocenters. The van der Waals surface area contributed by atoms with Gasteiger partial charge in [-0.25, -0.2) is 0 Å². The van der Waals surface area contributed by atoms with Gasteiger partial charge in [0, 0.05) is 17.7 Å². The van der Waals surface area contributed by atoms with Gasteiger partial charge in [-0.3, -0.25) is 30.6 Å². The van der Waals surface area contributed by atoms with Crippen molar-refractivity contribution in [1.82, 2.24) is 10.9 Å². The fourth-order valence-corrected chi connectivity index (χ4v) is 2.49. The summed E-state index contributed by atoms with van der Waals surface area (Å²) in [5, 5.41) is 10.9. The minimum Gasteiger partial charge on any atom is -0.496 e. The summed E-state index contributed by atoms with van der Waals surface area (Å²) in [5.41, 5.74) is 4.33. The van der Waals surface area contributed by atoms with Crippen LogP contribution in [0.25, 0.3) is 0 Å². The molecule has 0 spiro atoms. The molecule has 2 N–H and O–H groups in total. The van der Waals surface area contributed by atoms with Gasteiger partial charge in [-0.1, -0.05) is 13.3 Å². The number of carbonyl (C=O) groups is 2. The van der Waals surface area contributed by atoms with Gasteiger partial charge in [0.2, 0.25) is 0 Å². The van der Waals surface area contributed by atoms with Gasteiger partial charge in [0.1, 0.15) is 5.75 Å². The van der Waals surface area contributed by atoms with E-state index >= 15 is 0 Å². The Morgan fingerprint density at radius 1 is 0.967 bits per heavy atom. The largest absolute Gasteiger partial charge is 0.496 e. The molecule has 0 unspecified atom stereocenters. The zero-order chi connectivity index (χ0) is 22.1. The summed E-state index contributed by atoms with van der Waals surface area (Å²) >= 11 is 0. The molecule has 2 aromatic carbocycles. The second-order valence-electron chi connectivity index (χ2n) is 6.12. The van der Waals surface area contributed by atoms with Crippen molar-refractivity contribution in [2.75, 3.05) is 20.8 Å². The Balaban J connectivity index is 2.09. The maximum Gasteiger partial charge on any atom is 0.273 e. The molecule has 0 fully saturated rings. The second-order valence-corrected chi connectivity index (χ2v) is 6.12. The number of nitrogens with zero attached hydrogens (tertiary/aromatic N) is 1. The molecule has 2 aromatic rings. The summed E-state index contributed by atoms with van der Waals surface area (Å²) in [5.74, 6) is -0.359. The number of carbonyl (C=O) groups excluding carboxylic acids is 2. The van der Waals surface area contributed by atoms with Crippen molar-refractivity contribution in [1.29, 1.82) is 0 Å². The average molecular weight is 417 g/mol. The number of nitrogens with one attached hydrogen (secondary N) is 2. The number of hydrazine groups is 1. The van der Waals surface area contributed by atoms with Crippen LogP contribution in [-0.2, 0) is 0 Å². The molecule has 0 aliphatic rings. The van der Waals surface area contributed by atoms with E-state index < -0.39 is 16.7 Å². The Kier molecular flexibility index (Phi) is 7.98. The van der Waals surface area contributed by atoms with E-state index in [0.717, 1.165) is 18.9 Å². The summed E-state index contributed by atoms with van der Waals surface area (Å²) < 4.78 is 15.9. The van der Waals surface area contributed by atoms with E-state index in [-0.39, 0.29) is 22.6 Å². The molecule has 30 heavy (non-hydrogen) atoms. The van der Waals surface area contributed by atoms with Crippen LogP contribution in [0.3, 0.4) is 0 Å². The van der Waals surface area contributed by atoms with Crippen molar-refractivity contribution >= 4 is 17.5 Å². The molecule has 0 saturated heterocycles. The van der Waals surface area contributed by atoms with E-state index in [9.17, 15) is 19.7 Å². The van der Waals surface area contributed by atoms with Crippen LogP contribution in [0.1, 0.15) is 40.5 Å². The molecule has 0 aliphatic heterocycles. The number of nitro groups is 1. The number of benzene rings is 2. The highest BCUT2D eigenvalue weighted by Crippen LogP contribution is 2.28. The van der Waals surface area contributed by atoms with Crippen LogP contribution in [0.4, 0.5) is 5.69 Å². The normalized spacial score (nSPS) is 10.1. The third-order valence-corrected chi connectivity index (χ3v) is 4.11. The second kappa shape index (κ2) is 10.6. The summed E-state index contributed by atoms with van der Waals surface area (Å²) in [6.45, 7) is 2.57. The summed E-state index contributed by atoms with van der Waals surface area (Å²) in [6.07, 6.45) is 1.87. The number of ether oxygens (including phenoxy) is 3. The quantitative estimate of drug-likeness (QED) is 0.365. The lowest BCUT2D eigenvalue weighted by Gasteiger charge is -2.13. The van der Waals surface area contributed by atoms with Gasteiger partial charge in [-0.05, 0) is 30.7 Å². The van der Waals surface area contributed by atoms with Gasteiger partial charge in [-0.2, -0.15) is 0 Å². The SMILES string of the molecule is CCCCOc1ccc(C(=O)NNC(=O)c2cc([N+](=O)[O-])ccc2OC)cc1OC. The molecule has 0 heterocycles. The van der Waals surface area contributed by atoms with E-state index in [0.29, 0.717) is 18.1 Å². The van der Waals surface area contributed by atoms with Crippen LogP contribution in [0.15, 0.2) is 36.4 Å². The summed E-state index contributed by atoms with van der Waals surface area (Å²) in [6, 6.07) is 8.19. The molecular formula is C20H23N3O7. The van der Waals surface area contributed by atoms with Crippen molar-refractivity contribution < 1.29 is 28.7 Å². The third kappa shape index (κ3) is 5.60. The highest BCUT2D eigenvalue weighted by atomic mass is 16.6. The molecule has 0 bridgehead atoms. The third-order valence-electron chi connectivity index (χ3n) is 4.11. The number of methoxy groups -OCH3 is 2. The predicted molar refractivity (Wildman–Crippen MR) is 108 cm³/mol. The van der Waals surface area contributed by atoms with Crippen LogP contribution < -0.4 is 25.1 Å². The van der Waals surface area contributed by atoms with E-state index in [4.69, 9.17) is 14.2 Å². The van der Waals surface area contributed by atoms with Crippen LogP contribution in [0.5, 0.6) is 17.2 Å². The number of nitro benzene ring substituents is 1. The highest BCUT2D eigenvalue weighted by molar-refractivity contribution is 6.01. The Hall–Kier alpha value is -3.82. The topological polar surface area (TPSA) is 129 Å². The Morgan fingerprint density at radius 3 is 2.27 bits per heavy atom. The smallest absolute Gasteiger partial charge is 0.273 e. The Bertz CT molecular complexity index is 931. The number of rotatable bonds is 9. The molecule has 2 rings (SSSR count). The average Bonchev–Trinajstić information content (AvgIpc) is 2.76. The fourth-order valence-electron chi connectivity index (χ4n) is 2.49. The zero-order valence-electron chi connectivity index (χ0n) is 16.9. The first-order chi connectivity index (χ1) is 14.4. The minimum absolute atomic E-state index is 0.0933. The van der Waals surface area contributed by atoms with E-state index in [1.54, 1.807) is 6.07 Å². The van der Waals surface area contributed by atoms with Gasteiger partial charge in [0.05, 0.1) is 31.3 Å². The number of non-ortho nitro benzene ring substituents is 1. The van der Waals surface area contributed by atoms with Gasteiger partial charge < -0.3 is 14.2 Å². The van der Waals surface area contributed by atoms with Crippen LogP contribution in [0, 0.1) is 10.1 Å². The molecule has 0 aromatic heterocycles. The van der Waals surface area contributed by atoms with Crippen LogP contribution in [0.2, 0.25) is 0 Å². The standard InChI is InChI=1S/C20H23N3O7/c1-4-5-10-30-17-8-6-13(11-18(17)29-3)19(24)21-22-20(25)15-12-14(23(26)27)7-9-16(15)28-2/h6-9,11-12H,4-5,10H2,1-3H3,(H,21,24)(H,22,25). The molecule has 10 heteroatoms. The lowest BCUT2D eigenvalue weighted by atomic mass is 10.1. The number of amides is 2. The maximum absolute atomic E-state index is 12.4. The van der Waals surface area contributed by atoms with Crippen LogP contribution in [-0.4, -0.2) is 37.6 Å². The zero-order valence-corrected chi connectivity index (χ0v) is 16.9. The minimum atomic E-state index is -0.768. The lowest BCUT2D eigenvalue weighted by Crippen LogP contribution is -2.41. The number of hydrogen-bond donors (Lipinski definition) is 2. The van der Waals surface area contributed by atoms with E-state index in [1.165, 1.54) is 38.5 Å². The van der Waals surface area contributed by atoms with Crippen molar-refractivity contribution in [3.63, 3.8) is 0 Å². The predicted octanol–water partition coefficient (Wildman–Crippen LogP) is 2.87. The van der Waals surface area contributed by atoms with E-state index in [2.05, 4.69) is 10.9 Å². The van der Waals surface area contributed by atoms with Crippen molar-refractivity contribution in [3.8, 4) is 17.2 Å². The summed E-state index contributed by atoms with van der Waals surface area (Å²) in [4.78, 5) is 35.1. The van der Waals surface area contributed by atoms with Crippen LogP contribution >= 0.6 is 0 Å². The molecule has 2 amide bonds. The molecule has 0 aliphatic carbocycles.